The number of aryl methyl sites for hydroxylation is 1. The van der Waals surface area contributed by atoms with Crippen LogP contribution in [-0.4, -0.2) is 47.8 Å². The molecule has 31 heavy (non-hydrogen) atoms. The second kappa shape index (κ2) is 9.35. The second-order valence-electron chi connectivity index (χ2n) is 8.07. The number of benzene rings is 2. The molecule has 1 aliphatic heterocycles. The van der Waals surface area contributed by atoms with Crippen LogP contribution in [-0.2, 0) is 6.54 Å². The van der Waals surface area contributed by atoms with Crippen molar-refractivity contribution >= 4 is 5.78 Å². The molecule has 0 amide bonds. The van der Waals surface area contributed by atoms with Crippen molar-refractivity contribution in [3.8, 4) is 17.2 Å². The van der Waals surface area contributed by atoms with Crippen LogP contribution in [0.5, 0.6) is 11.5 Å². The summed E-state index contributed by atoms with van der Waals surface area (Å²) in [5.74, 6) is 1.40. The Kier molecular flexibility index (Phi) is 6.37. The molecule has 6 heteroatoms. The first-order valence-corrected chi connectivity index (χ1v) is 10.7. The van der Waals surface area contributed by atoms with Crippen LogP contribution in [0.4, 0.5) is 0 Å². The molecular formula is C25H29N3O3. The van der Waals surface area contributed by atoms with E-state index in [1.165, 1.54) is 11.1 Å². The van der Waals surface area contributed by atoms with Gasteiger partial charge in [-0.2, -0.15) is 5.10 Å². The molecule has 0 N–H and O–H groups in total. The van der Waals surface area contributed by atoms with Crippen molar-refractivity contribution < 1.29 is 14.3 Å². The van der Waals surface area contributed by atoms with Gasteiger partial charge in [0.25, 0.3) is 0 Å². The lowest BCUT2D eigenvalue weighted by Gasteiger charge is -2.32. The molecule has 1 fully saturated rings. The standard InChI is InChI=1S/C25H29N3O3/c1-18-14-22(28-13-5-11-26-28)9-7-20(18)16-27-12-4-6-21(17-27)25(29)19-8-10-23(30-2)24(15-19)31-3/h5,7-11,13-15,21H,4,6,12,16-17H2,1-3H3/t21-/m0/s1. The third-order valence-electron chi connectivity index (χ3n) is 6.03. The maximum atomic E-state index is 13.2. The van der Waals surface area contributed by atoms with Crippen LogP contribution in [0.25, 0.3) is 5.69 Å². The Labute approximate surface area is 183 Å². The van der Waals surface area contributed by atoms with E-state index >= 15 is 0 Å². The lowest BCUT2D eigenvalue weighted by Crippen LogP contribution is -2.38. The highest BCUT2D eigenvalue weighted by Gasteiger charge is 2.27. The molecule has 2 heterocycles. The molecule has 1 aliphatic rings. The van der Waals surface area contributed by atoms with E-state index in [2.05, 4.69) is 35.1 Å². The average Bonchev–Trinajstić information content (AvgIpc) is 3.34. The van der Waals surface area contributed by atoms with E-state index in [9.17, 15) is 4.79 Å². The van der Waals surface area contributed by atoms with E-state index in [4.69, 9.17) is 9.47 Å². The van der Waals surface area contributed by atoms with E-state index in [-0.39, 0.29) is 11.7 Å². The SMILES string of the molecule is COc1ccc(C(=O)[C@H]2CCCN(Cc3ccc(-n4cccn4)cc3C)C2)cc1OC. The van der Waals surface area contributed by atoms with Crippen molar-refractivity contribution in [2.24, 2.45) is 5.92 Å². The molecule has 0 radical (unpaired) electrons. The van der Waals surface area contributed by atoms with Crippen molar-refractivity contribution in [1.29, 1.82) is 0 Å². The van der Waals surface area contributed by atoms with Crippen molar-refractivity contribution in [1.82, 2.24) is 14.7 Å². The summed E-state index contributed by atoms with van der Waals surface area (Å²) >= 11 is 0. The molecule has 6 nitrogen and oxygen atoms in total. The van der Waals surface area contributed by atoms with Gasteiger partial charge in [0.1, 0.15) is 0 Å². The Bertz CT molecular complexity index is 1050. The number of ketones is 1. The zero-order chi connectivity index (χ0) is 21.8. The molecule has 0 unspecified atom stereocenters. The number of Topliss-reactive ketones (excluding diaryl/α,β-unsaturated/α-hetero) is 1. The van der Waals surface area contributed by atoms with E-state index in [0.717, 1.165) is 38.2 Å². The molecule has 4 rings (SSSR count). The number of nitrogens with zero attached hydrogens (tertiary/aromatic N) is 3. The smallest absolute Gasteiger partial charge is 0.167 e. The molecule has 0 bridgehead atoms. The van der Waals surface area contributed by atoms with Crippen LogP contribution in [0.15, 0.2) is 54.9 Å². The van der Waals surface area contributed by atoms with Gasteiger partial charge in [-0.15, -0.1) is 0 Å². The number of hydrogen-bond acceptors (Lipinski definition) is 5. The highest BCUT2D eigenvalue weighted by atomic mass is 16.5. The predicted molar refractivity (Wildman–Crippen MR) is 120 cm³/mol. The van der Waals surface area contributed by atoms with Gasteiger partial charge in [-0.05, 0) is 73.8 Å². The van der Waals surface area contributed by atoms with Crippen LogP contribution >= 0.6 is 0 Å². The van der Waals surface area contributed by atoms with Crippen molar-refractivity contribution in [2.45, 2.75) is 26.3 Å². The first kappa shape index (κ1) is 21.1. The zero-order valence-corrected chi connectivity index (χ0v) is 18.4. The van der Waals surface area contributed by atoms with Crippen LogP contribution in [0.2, 0.25) is 0 Å². The third kappa shape index (κ3) is 4.64. The Morgan fingerprint density at radius 1 is 1.13 bits per heavy atom. The van der Waals surface area contributed by atoms with E-state index in [1.54, 1.807) is 32.5 Å². The van der Waals surface area contributed by atoms with Gasteiger partial charge in [0, 0.05) is 37.0 Å². The van der Waals surface area contributed by atoms with Gasteiger partial charge >= 0.3 is 0 Å². The lowest BCUT2D eigenvalue weighted by atomic mass is 9.89. The van der Waals surface area contributed by atoms with Gasteiger partial charge in [0.15, 0.2) is 17.3 Å². The first-order chi connectivity index (χ1) is 15.1. The summed E-state index contributed by atoms with van der Waals surface area (Å²) in [6.07, 6.45) is 5.67. The fourth-order valence-corrected chi connectivity index (χ4v) is 4.30. The number of aromatic nitrogens is 2. The third-order valence-corrected chi connectivity index (χ3v) is 6.03. The van der Waals surface area contributed by atoms with Gasteiger partial charge in [-0.3, -0.25) is 9.69 Å². The largest absolute Gasteiger partial charge is 0.493 e. The fraction of sp³-hybridized carbons (Fsp3) is 0.360. The molecule has 0 spiro atoms. The average molecular weight is 420 g/mol. The van der Waals surface area contributed by atoms with Crippen molar-refractivity contribution in [3.63, 3.8) is 0 Å². The van der Waals surface area contributed by atoms with Gasteiger partial charge < -0.3 is 9.47 Å². The maximum Gasteiger partial charge on any atom is 0.167 e. The molecule has 1 aromatic heterocycles. The number of piperidine rings is 1. The number of carbonyl (C=O) groups excluding carboxylic acids is 1. The number of methoxy groups -OCH3 is 2. The summed E-state index contributed by atoms with van der Waals surface area (Å²) in [5.41, 5.74) is 4.27. The first-order valence-electron chi connectivity index (χ1n) is 10.7. The maximum absolute atomic E-state index is 13.2. The Morgan fingerprint density at radius 2 is 1.97 bits per heavy atom. The van der Waals surface area contributed by atoms with Gasteiger partial charge in [0.2, 0.25) is 0 Å². The second-order valence-corrected chi connectivity index (χ2v) is 8.07. The minimum Gasteiger partial charge on any atom is -0.493 e. The molecule has 2 aromatic carbocycles. The summed E-state index contributed by atoms with van der Waals surface area (Å²) in [6.45, 7) is 4.77. The van der Waals surface area contributed by atoms with Crippen molar-refractivity contribution in [2.75, 3.05) is 27.3 Å². The Morgan fingerprint density at radius 3 is 2.68 bits per heavy atom. The topological polar surface area (TPSA) is 56.6 Å². The zero-order valence-electron chi connectivity index (χ0n) is 18.4. The Balaban J connectivity index is 1.45. The van der Waals surface area contributed by atoms with E-state index in [1.807, 2.05) is 23.0 Å². The molecule has 0 aliphatic carbocycles. The monoisotopic (exact) mass is 419 g/mol. The number of hydrogen-bond donors (Lipinski definition) is 0. The number of ether oxygens (including phenoxy) is 2. The fourth-order valence-electron chi connectivity index (χ4n) is 4.30. The number of likely N-dealkylation sites (tertiary alicyclic amines) is 1. The van der Waals surface area contributed by atoms with Crippen LogP contribution < -0.4 is 9.47 Å². The minimum atomic E-state index is -0.00416. The summed E-state index contributed by atoms with van der Waals surface area (Å²) in [6, 6.07) is 13.8. The summed E-state index contributed by atoms with van der Waals surface area (Å²) in [5, 5.41) is 4.31. The van der Waals surface area contributed by atoms with E-state index < -0.39 is 0 Å². The molecule has 162 valence electrons. The van der Waals surface area contributed by atoms with Crippen LogP contribution in [0.1, 0.15) is 34.3 Å². The Hall–Kier alpha value is -3.12. The summed E-state index contributed by atoms with van der Waals surface area (Å²) in [7, 11) is 3.19. The summed E-state index contributed by atoms with van der Waals surface area (Å²) in [4.78, 5) is 15.6. The highest BCUT2D eigenvalue weighted by Crippen LogP contribution is 2.30. The molecule has 0 saturated carbocycles. The van der Waals surface area contributed by atoms with Gasteiger partial charge in [0.05, 0.1) is 19.9 Å². The van der Waals surface area contributed by atoms with E-state index in [0.29, 0.717) is 17.1 Å². The van der Waals surface area contributed by atoms with Gasteiger partial charge in [-0.1, -0.05) is 6.07 Å². The summed E-state index contributed by atoms with van der Waals surface area (Å²) < 4.78 is 12.5. The van der Waals surface area contributed by atoms with Crippen molar-refractivity contribution in [3.05, 3.63) is 71.5 Å². The van der Waals surface area contributed by atoms with Gasteiger partial charge in [-0.25, -0.2) is 4.68 Å². The minimum absolute atomic E-state index is 0.00416. The molecule has 3 aromatic rings. The predicted octanol–water partition coefficient (Wildman–Crippen LogP) is 4.29. The molecule has 1 atom stereocenters. The normalized spacial score (nSPS) is 16.8. The molecular weight excluding hydrogens is 390 g/mol. The molecule has 1 saturated heterocycles. The highest BCUT2D eigenvalue weighted by molar-refractivity contribution is 5.98. The quantitative estimate of drug-likeness (QED) is 0.535. The lowest BCUT2D eigenvalue weighted by molar-refractivity contribution is 0.0811. The number of rotatable bonds is 7. The van der Waals surface area contributed by atoms with Crippen LogP contribution in [0.3, 0.4) is 0 Å². The number of carbonyl (C=O) groups is 1. The van der Waals surface area contributed by atoms with Crippen LogP contribution in [0, 0.1) is 12.8 Å².